The van der Waals surface area contributed by atoms with Gasteiger partial charge in [0.1, 0.15) is 11.6 Å². The Hall–Kier alpha value is -1.17. The van der Waals surface area contributed by atoms with E-state index in [-0.39, 0.29) is 33.9 Å². The number of nitrogens with zero attached hydrogens (tertiary/aromatic N) is 1. The lowest BCUT2D eigenvalue weighted by Crippen LogP contribution is -2.30. The fourth-order valence-corrected chi connectivity index (χ4v) is 3.13. The topological polar surface area (TPSA) is 71.5 Å². The molecule has 1 rings (SSSR count). The first-order valence-electron chi connectivity index (χ1n) is 7.25. The van der Waals surface area contributed by atoms with Crippen LogP contribution < -0.4 is 0 Å². The van der Waals surface area contributed by atoms with Crippen LogP contribution in [0.3, 0.4) is 0 Å². The lowest BCUT2D eigenvalue weighted by Gasteiger charge is -2.22. The normalized spacial score (nSPS) is 15.7. The zero-order valence-electron chi connectivity index (χ0n) is 12.9. The minimum atomic E-state index is -0.320. The maximum atomic E-state index is 12.0. The summed E-state index contributed by atoms with van der Waals surface area (Å²) in [5.41, 5.74) is -0.320. The first-order chi connectivity index (χ1) is 9.75. The molecule has 0 N–H and O–H groups in total. The molecule has 1 heterocycles. The largest absolute Gasteiger partial charge is 0.300 e. The second kappa shape index (κ2) is 7.73. The molecule has 1 fully saturated rings. The number of carbonyl (C=O) groups is 4. The Balaban J connectivity index is 2.32. The van der Waals surface area contributed by atoms with E-state index in [1.165, 1.54) is 4.90 Å². The Morgan fingerprint density at radius 1 is 1.19 bits per heavy atom. The molecule has 0 aromatic carbocycles. The number of hydrogen-bond donors (Lipinski definition) is 0. The molecule has 6 heteroatoms. The van der Waals surface area contributed by atoms with Gasteiger partial charge in [-0.1, -0.05) is 32.5 Å². The number of amides is 2. The van der Waals surface area contributed by atoms with Gasteiger partial charge in [0.05, 0.1) is 5.75 Å². The summed E-state index contributed by atoms with van der Waals surface area (Å²) in [4.78, 5) is 47.4. The highest BCUT2D eigenvalue weighted by molar-refractivity contribution is 8.14. The third-order valence-electron chi connectivity index (χ3n) is 3.42. The summed E-state index contributed by atoms with van der Waals surface area (Å²) in [5.74, 6) is 0.277. The van der Waals surface area contributed by atoms with Crippen molar-refractivity contribution in [2.45, 2.75) is 52.9 Å². The van der Waals surface area contributed by atoms with Crippen molar-refractivity contribution in [3.8, 4) is 0 Å². The molecular weight excluding hydrogens is 290 g/mol. The van der Waals surface area contributed by atoms with Crippen molar-refractivity contribution in [1.82, 2.24) is 4.90 Å². The van der Waals surface area contributed by atoms with Gasteiger partial charge < -0.3 is 0 Å². The van der Waals surface area contributed by atoms with Gasteiger partial charge in [-0.15, -0.1) is 0 Å². The first-order valence-corrected chi connectivity index (χ1v) is 8.24. The Morgan fingerprint density at radius 3 is 2.33 bits per heavy atom. The van der Waals surface area contributed by atoms with E-state index in [0.717, 1.165) is 11.8 Å². The van der Waals surface area contributed by atoms with Crippen LogP contribution in [0.25, 0.3) is 0 Å². The van der Waals surface area contributed by atoms with Crippen molar-refractivity contribution < 1.29 is 19.2 Å². The molecule has 0 aromatic heterocycles. The summed E-state index contributed by atoms with van der Waals surface area (Å²) in [5, 5.41) is -0.221. The number of rotatable bonds is 9. The van der Waals surface area contributed by atoms with Gasteiger partial charge in [-0.3, -0.25) is 24.1 Å². The molecule has 0 unspecified atom stereocenters. The molecule has 1 aliphatic heterocycles. The number of ketones is 2. The fraction of sp³-hybridized carbons (Fsp3) is 0.733. The predicted molar refractivity (Wildman–Crippen MR) is 82.1 cm³/mol. The second-order valence-corrected chi connectivity index (χ2v) is 7.08. The van der Waals surface area contributed by atoms with Crippen LogP contribution >= 0.6 is 11.8 Å². The Morgan fingerprint density at radius 2 is 1.81 bits per heavy atom. The van der Waals surface area contributed by atoms with Crippen LogP contribution in [0.2, 0.25) is 0 Å². The molecule has 0 bridgehead atoms. The molecule has 0 spiro atoms. The first kappa shape index (κ1) is 17.9. The molecule has 5 nitrogen and oxygen atoms in total. The molecule has 0 saturated carbocycles. The Kier molecular flexibility index (Phi) is 6.58. The number of thioether (sulfide) groups is 1. The fourth-order valence-electron chi connectivity index (χ4n) is 2.37. The minimum Gasteiger partial charge on any atom is -0.300 e. The number of Topliss-reactive ketones (excluding diaryl/α,β-unsaturated/α-hetero) is 2. The Bertz CT molecular complexity index is 429. The van der Waals surface area contributed by atoms with E-state index in [9.17, 15) is 19.2 Å². The van der Waals surface area contributed by atoms with Crippen molar-refractivity contribution in [2.75, 3.05) is 12.3 Å². The number of carbonyl (C=O) groups excluding carboxylic acids is 4. The van der Waals surface area contributed by atoms with Crippen LogP contribution in [-0.4, -0.2) is 39.9 Å². The minimum absolute atomic E-state index is 0.0793. The standard InChI is InChI=1S/C15H23NO4S/c1-4-11(17)8-15(2,3)9-12(18)6-5-7-16-13(19)10-21-14(16)20/h4-10H2,1-3H3. The zero-order valence-corrected chi connectivity index (χ0v) is 13.8. The number of hydrogen-bond acceptors (Lipinski definition) is 5. The predicted octanol–water partition coefficient (Wildman–Crippen LogP) is 2.82. The molecule has 0 aromatic rings. The van der Waals surface area contributed by atoms with Gasteiger partial charge in [-0.05, 0) is 11.8 Å². The van der Waals surface area contributed by atoms with Crippen LogP contribution in [0.15, 0.2) is 0 Å². The highest BCUT2D eigenvalue weighted by Gasteiger charge is 2.29. The summed E-state index contributed by atoms with van der Waals surface area (Å²) < 4.78 is 0. The van der Waals surface area contributed by atoms with Crippen LogP contribution in [-0.2, 0) is 14.4 Å². The Labute approximate surface area is 129 Å². The molecule has 2 amide bonds. The third kappa shape index (κ3) is 5.99. The monoisotopic (exact) mass is 313 g/mol. The van der Waals surface area contributed by atoms with E-state index in [1.54, 1.807) is 0 Å². The van der Waals surface area contributed by atoms with E-state index >= 15 is 0 Å². The van der Waals surface area contributed by atoms with Gasteiger partial charge in [0.25, 0.3) is 5.24 Å². The van der Waals surface area contributed by atoms with Gasteiger partial charge in [0, 0.05) is 32.2 Å². The maximum absolute atomic E-state index is 12.0. The summed E-state index contributed by atoms with van der Waals surface area (Å²) in [7, 11) is 0. The molecule has 0 aliphatic carbocycles. The summed E-state index contributed by atoms with van der Waals surface area (Å²) in [6, 6.07) is 0. The van der Waals surface area contributed by atoms with E-state index in [2.05, 4.69) is 0 Å². The van der Waals surface area contributed by atoms with Crippen molar-refractivity contribution in [2.24, 2.45) is 5.41 Å². The van der Waals surface area contributed by atoms with Crippen LogP contribution in [0.1, 0.15) is 52.9 Å². The highest BCUT2D eigenvalue weighted by atomic mass is 32.2. The van der Waals surface area contributed by atoms with Crippen molar-refractivity contribution in [3.63, 3.8) is 0 Å². The van der Waals surface area contributed by atoms with E-state index in [1.807, 2.05) is 20.8 Å². The molecule has 118 valence electrons. The van der Waals surface area contributed by atoms with Gasteiger partial charge in [-0.2, -0.15) is 0 Å². The lowest BCUT2D eigenvalue weighted by atomic mass is 9.81. The summed E-state index contributed by atoms with van der Waals surface area (Å²) in [6.45, 7) is 5.97. The van der Waals surface area contributed by atoms with E-state index in [0.29, 0.717) is 38.6 Å². The maximum Gasteiger partial charge on any atom is 0.288 e. The number of imide groups is 1. The van der Waals surface area contributed by atoms with Gasteiger partial charge in [0.2, 0.25) is 5.91 Å². The SMILES string of the molecule is CCC(=O)CC(C)(C)CC(=O)CCCN1C(=O)CSC1=O. The molecule has 1 aliphatic rings. The van der Waals surface area contributed by atoms with Crippen LogP contribution in [0.4, 0.5) is 4.79 Å². The van der Waals surface area contributed by atoms with Crippen molar-refractivity contribution in [1.29, 1.82) is 0 Å². The molecular formula is C15H23NO4S. The van der Waals surface area contributed by atoms with Crippen LogP contribution in [0.5, 0.6) is 0 Å². The van der Waals surface area contributed by atoms with Crippen LogP contribution in [0, 0.1) is 5.41 Å². The van der Waals surface area contributed by atoms with Gasteiger partial charge in [0.15, 0.2) is 0 Å². The third-order valence-corrected chi connectivity index (χ3v) is 4.28. The zero-order chi connectivity index (χ0) is 16.0. The molecule has 0 atom stereocenters. The van der Waals surface area contributed by atoms with Crippen molar-refractivity contribution in [3.05, 3.63) is 0 Å². The average Bonchev–Trinajstić information content (AvgIpc) is 2.68. The van der Waals surface area contributed by atoms with Crippen molar-refractivity contribution >= 4 is 34.5 Å². The molecule has 1 saturated heterocycles. The lowest BCUT2D eigenvalue weighted by molar-refractivity contribution is -0.126. The molecule has 21 heavy (non-hydrogen) atoms. The quantitative estimate of drug-likeness (QED) is 0.654. The van der Waals surface area contributed by atoms with Gasteiger partial charge in [-0.25, -0.2) is 0 Å². The van der Waals surface area contributed by atoms with E-state index < -0.39 is 0 Å². The van der Waals surface area contributed by atoms with Gasteiger partial charge >= 0.3 is 0 Å². The van der Waals surface area contributed by atoms with E-state index in [4.69, 9.17) is 0 Å². The molecule has 0 radical (unpaired) electrons. The smallest absolute Gasteiger partial charge is 0.288 e. The summed E-state index contributed by atoms with van der Waals surface area (Å²) in [6.07, 6.45) is 2.10. The second-order valence-electron chi connectivity index (χ2n) is 6.15. The summed E-state index contributed by atoms with van der Waals surface area (Å²) >= 11 is 1.01. The average molecular weight is 313 g/mol. The highest BCUT2D eigenvalue weighted by Crippen LogP contribution is 2.27.